The normalized spacial score (nSPS) is 14.9. The molecule has 1 atom stereocenters. The largest absolute Gasteiger partial charge is 0.462 e. The molecule has 0 fully saturated rings. The van der Waals surface area contributed by atoms with Gasteiger partial charge in [0, 0.05) is 0 Å². The predicted molar refractivity (Wildman–Crippen MR) is 103 cm³/mol. The fourth-order valence-corrected chi connectivity index (χ4v) is 16.1. The van der Waals surface area contributed by atoms with Crippen molar-refractivity contribution in [3.05, 3.63) is 12.7 Å². The molecule has 0 aliphatic carbocycles. The lowest BCUT2D eigenvalue weighted by Gasteiger charge is -2.31. The quantitative estimate of drug-likeness (QED) is 0.298. The molecule has 0 saturated carbocycles. The maximum absolute atomic E-state index is 6.41. The molecule has 0 bridgehead atoms. The molecule has 0 spiro atoms. The van der Waals surface area contributed by atoms with E-state index in [1.807, 2.05) is 6.08 Å². The summed E-state index contributed by atoms with van der Waals surface area (Å²) < 4.78 is 12.6. The Labute approximate surface area is 133 Å². The Hall–Kier alpha value is 0.528. The molecular formula is C14H36O2Si4. The second-order valence-electron chi connectivity index (χ2n) is 7.23. The predicted octanol–water partition coefficient (Wildman–Crippen LogP) is 4.27. The van der Waals surface area contributed by atoms with E-state index in [4.69, 9.17) is 8.23 Å². The van der Waals surface area contributed by atoms with E-state index in [-0.39, 0.29) is 9.76 Å². The zero-order chi connectivity index (χ0) is 15.6. The van der Waals surface area contributed by atoms with Crippen molar-refractivity contribution in [1.82, 2.24) is 0 Å². The summed E-state index contributed by atoms with van der Waals surface area (Å²) in [6, 6.07) is 5.13. The van der Waals surface area contributed by atoms with Crippen LogP contribution in [0.1, 0.15) is 19.8 Å². The summed E-state index contributed by atoms with van der Waals surface area (Å²) >= 11 is 0. The van der Waals surface area contributed by atoms with E-state index in [2.05, 4.69) is 46.2 Å². The SMILES string of the molecule is C=CC[SiH2]O[SiH](CCC)CCC[Si](C)(C)O[Si](C)(C)C. The maximum atomic E-state index is 6.41. The molecule has 6 heteroatoms. The molecule has 0 amide bonds. The first-order chi connectivity index (χ1) is 9.20. The topological polar surface area (TPSA) is 18.5 Å². The molecule has 1 unspecified atom stereocenters. The van der Waals surface area contributed by atoms with Gasteiger partial charge in [-0.15, -0.1) is 6.58 Å². The van der Waals surface area contributed by atoms with Gasteiger partial charge in [-0.25, -0.2) is 0 Å². The van der Waals surface area contributed by atoms with Gasteiger partial charge in [-0.3, -0.25) is 0 Å². The van der Waals surface area contributed by atoms with Crippen molar-refractivity contribution in [1.29, 1.82) is 0 Å². The van der Waals surface area contributed by atoms with Crippen molar-refractivity contribution in [2.45, 2.75) is 76.7 Å². The van der Waals surface area contributed by atoms with Crippen molar-refractivity contribution in [3.63, 3.8) is 0 Å². The number of allylic oxidation sites excluding steroid dienone is 1. The minimum atomic E-state index is -1.44. The van der Waals surface area contributed by atoms with Crippen LogP contribution in [0.3, 0.4) is 0 Å². The Balaban J connectivity index is 4.05. The van der Waals surface area contributed by atoms with Crippen LogP contribution in [0.25, 0.3) is 0 Å². The van der Waals surface area contributed by atoms with E-state index in [1.54, 1.807) is 0 Å². The molecule has 0 aliphatic heterocycles. The van der Waals surface area contributed by atoms with Crippen LogP contribution in [0, 0.1) is 0 Å². The first-order valence-corrected chi connectivity index (χ1v) is 18.3. The van der Waals surface area contributed by atoms with E-state index in [0.29, 0.717) is 0 Å². The molecule has 0 aromatic rings. The van der Waals surface area contributed by atoms with Crippen molar-refractivity contribution in [2.24, 2.45) is 0 Å². The molecule has 0 aromatic heterocycles. The molecule has 120 valence electrons. The van der Waals surface area contributed by atoms with Crippen LogP contribution in [0.4, 0.5) is 0 Å². The summed E-state index contributed by atoms with van der Waals surface area (Å²) in [7, 11) is -4.05. The first-order valence-electron chi connectivity index (χ1n) is 8.13. The second-order valence-corrected chi connectivity index (χ2v) is 21.0. The summed E-state index contributed by atoms with van der Waals surface area (Å²) in [4.78, 5) is 0. The third-order valence-corrected chi connectivity index (χ3v) is 15.1. The number of rotatable bonds is 12. The lowest BCUT2D eigenvalue weighted by Crippen LogP contribution is -2.42. The summed E-state index contributed by atoms with van der Waals surface area (Å²) in [6.07, 6.45) is 4.62. The summed E-state index contributed by atoms with van der Waals surface area (Å²) in [5.74, 6) is 0. The molecule has 0 radical (unpaired) electrons. The van der Waals surface area contributed by atoms with Crippen LogP contribution in [-0.2, 0) is 8.23 Å². The van der Waals surface area contributed by atoms with E-state index in [1.165, 1.54) is 31.0 Å². The van der Waals surface area contributed by atoms with Crippen LogP contribution in [-0.4, -0.2) is 35.4 Å². The highest BCUT2D eigenvalue weighted by molar-refractivity contribution is 6.84. The van der Waals surface area contributed by atoms with Gasteiger partial charge < -0.3 is 8.23 Å². The Morgan fingerprint density at radius 1 is 1.15 bits per heavy atom. The van der Waals surface area contributed by atoms with E-state index in [9.17, 15) is 0 Å². The molecular weight excluding hydrogens is 312 g/mol. The minimum Gasteiger partial charge on any atom is -0.462 e. The van der Waals surface area contributed by atoms with Gasteiger partial charge in [0.2, 0.25) is 0 Å². The molecule has 2 nitrogen and oxygen atoms in total. The van der Waals surface area contributed by atoms with Gasteiger partial charge in [0.25, 0.3) is 0 Å². The van der Waals surface area contributed by atoms with Gasteiger partial charge in [-0.2, -0.15) is 0 Å². The fourth-order valence-electron chi connectivity index (χ4n) is 2.59. The van der Waals surface area contributed by atoms with Gasteiger partial charge in [-0.05, 0) is 56.9 Å². The highest BCUT2D eigenvalue weighted by Gasteiger charge is 2.29. The Morgan fingerprint density at radius 2 is 1.80 bits per heavy atom. The summed E-state index contributed by atoms with van der Waals surface area (Å²) in [5, 5.41) is 0. The average Bonchev–Trinajstić information content (AvgIpc) is 2.25. The fraction of sp³-hybridized carbons (Fsp3) is 0.857. The number of hydrogen-bond donors (Lipinski definition) is 0. The van der Waals surface area contributed by atoms with Crippen LogP contribution in [0.2, 0.25) is 56.9 Å². The standard InChI is InChI=1S/C14H36O2Si4/c1-8-11-17-15-18(12-9-2)13-10-14-20(6,7)16-19(3,4)5/h8,18H,1,9-14,17H2,2-7H3. The third-order valence-electron chi connectivity index (χ3n) is 3.17. The lowest BCUT2D eigenvalue weighted by molar-refractivity contribution is 0.543. The maximum Gasteiger partial charge on any atom is 0.173 e. The van der Waals surface area contributed by atoms with Crippen LogP contribution >= 0.6 is 0 Å². The molecule has 20 heavy (non-hydrogen) atoms. The van der Waals surface area contributed by atoms with E-state index >= 15 is 0 Å². The van der Waals surface area contributed by atoms with Gasteiger partial charge in [0.1, 0.15) is 9.76 Å². The molecule has 0 heterocycles. The minimum absolute atomic E-state index is 0.316. The molecule has 0 rings (SSSR count). The van der Waals surface area contributed by atoms with Gasteiger partial charge >= 0.3 is 0 Å². The third kappa shape index (κ3) is 12.3. The van der Waals surface area contributed by atoms with Gasteiger partial charge in [-0.1, -0.05) is 25.8 Å². The zero-order valence-corrected chi connectivity index (χ0v) is 19.2. The zero-order valence-electron chi connectivity index (χ0n) is 14.6. The summed E-state index contributed by atoms with van der Waals surface area (Å²) in [6.45, 7) is 17.8. The first kappa shape index (κ1) is 20.5. The molecule has 0 aliphatic rings. The Kier molecular flexibility index (Phi) is 10.6. The van der Waals surface area contributed by atoms with Crippen LogP contribution in [0.15, 0.2) is 12.7 Å². The number of hydrogen-bond acceptors (Lipinski definition) is 2. The van der Waals surface area contributed by atoms with Crippen LogP contribution in [0.5, 0.6) is 0 Å². The van der Waals surface area contributed by atoms with Gasteiger partial charge in [0.05, 0.1) is 0 Å². The smallest absolute Gasteiger partial charge is 0.173 e. The molecule has 0 N–H and O–H groups in total. The highest BCUT2D eigenvalue weighted by atomic mass is 28.4. The Morgan fingerprint density at radius 3 is 2.30 bits per heavy atom. The van der Waals surface area contributed by atoms with Crippen molar-refractivity contribution in [3.8, 4) is 0 Å². The van der Waals surface area contributed by atoms with Gasteiger partial charge in [0.15, 0.2) is 25.7 Å². The molecule has 0 saturated heterocycles. The summed E-state index contributed by atoms with van der Waals surface area (Å²) in [5.41, 5.74) is 0. The average molecular weight is 349 g/mol. The van der Waals surface area contributed by atoms with E-state index in [0.717, 1.165) is 6.04 Å². The highest BCUT2D eigenvalue weighted by Crippen LogP contribution is 2.22. The van der Waals surface area contributed by atoms with Crippen molar-refractivity contribution < 1.29 is 8.23 Å². The monoisotopic (exact) mass is 348 g/mol. The second kappa shape index (κ2) is 10.3. The Bertz CT molecular complexity index is 264. The molecule has 0 aromatic carbocycles. The van der Waals surface area contributed by atoms with Crippen molar-refractivity contribution in [2.75, 3.05) is 0 Å². The van der Waals surface area contributed by atoms with E-state index < -0.39 is 25.7 Å². The van der Waals surface area contributed by atoms with Crippen molar-refractivity contribution >= 4 is 35.4 Å². The van der Waals surface area contributed by atoms with Crippen LogP contribution < -0.4 is 0 Å². The lowest BCUT2D eigenvalue weighted by atomic mass is 10.6.